The fraction of sp³-hybridized carbons (Fsp3) is 0.174. The van der Waals surface area contributed by atoms with Gasteiger partial charge in [0, 0.05) is 5.69 Å². The highest BCUT2D eigenvalue weighted by Crippen LogP contribution is 2.36. The normalized spacial score (nSPS) is 11.7. The van der Waals surface area contributed by atoms with Crippen LogP contribution in [0, 0.1) is 6.92 Å². The molecule has 12 heteroatoms. The second-order valence-electron chi connectivity index (χ2n) is 7.38. The Morgan fingerprint density at radius 3 is 2.23 bits per heavy atom. The number of alkyl halides is 3. The van der Waals surface area contributed by atoms with E-state index in [1.165, 1.54) is 43.5 Å². The minimum absolute atomic E-state index is 0.0543. The average Bonchev–Trinajstić information content (AvgIpc) is 2.78. The number of hydrogen-bond donors (Lipinski definition) is 1. The zero-order valence-electron chi connectivity index (χ0n) is 18.4. The van der Waals surface area contributed by atoms with E-state index in [2.05, 4.69) is 5.32 Å². The van der Waals surface area contributed by atoms with Gasteiger partial charge in [0.2, 0.25) is 5.91 Å². The van der Waals surface area contributed by atoms with Gasteiger partial charge in [-0.25, -0.2) is 8.42 Å². The summed E-state index contributed by atoms with van der Waals surface area (Å²) in [6.07, 6.45) is -4.74. The number of halogens is 5. The predicted molar refractivity (Wildman–Crippen MR) is 129 cm³/mol. The minimum Gasteiger partial charge on any atom is -0.495 e. The molecule has 3 rings (SSSR count). The molecule has 0 aliphatic carbocycles. The van der Waals surface area contributed by atoms with Gasteiger partial charge < -0.3 is 10.1 Å². The Morgan fingerprint density at radius 1 is 1.00 bits per heavy atom. The second kappa shape index (κ2) is 10.3. The van der Waals surface area contributed by atoms with Crippen molar-refractivity contribution in [2.45, 2.75) is 18.0 Å². The van der Waals surface area contributed by atoms with Crippen LogP contribution in [-0.4, -0.2) is 28.0 Å². The molecule has 1 amide bonds. The van der Waals surface area contributed by atoms with E-state index >= 15 is 0 Å². The summed E-state index contributed by atoms with van der Waals surface area (Å²) in [5, 5.41) is 1.85. The lowest BCUT2D eigenvalue weighted by Gasteiger charge is -2.25. The zero-order valence-corrected chi connectivity index (χ0v) is 20.7. The molecule has 0 fully saturated rings. The molecule has 0 aliphatic rings. The van der Waals surface area contributed by atoms with Crippen molar-refractivity contribution in [3.63, 3.8) is 0 Å². The second-order valence-corrected chi connectivity index (χ2v) is 10.1. The van der Waals surface area contributed by atoms with E-state index in [1.807, 2.05) is 0 Å². The van der Waals surface area contributed by atoms with E-state index in [0.29, 0.717) is 6.07 Å². The van der Waals surface area contributed by atoms with Crippen LogP contribution in [-0.2, 0) is 21.0 Å². The number of nitrogens with zero attached hydrogens (tertiary/aromatic N) is 1. The molecule has 0 atom stereocenters. The number of sulfonamides is 1. The van der Waals surface area contributed by atoms with Crippen molar-refractivity contribution in [1.82, 2.24) is 0 Å². The molecular formula is C23H19Cl2F3N2O4S. The highest BCUT2D eigenvalue weighted by Gasteiger charge is 2.34. The maximum absolute atomic E-state index is 13.4. The molecule has 3 aromatic rings. The number of rotatable bonds is 7. The molecule has 0 saturated carbocycles. The number of anilines is 2. The van der Waals surface area contributed by atoms with E-state index in [4.69, 9.17) is 27.9 Å². The number of methoxy groups -OCH3 is 1. The maximum Gasteiger partial charge on any atom is 0.417 e. The number of amides is 1. The number of hydrogen-bond acceptors (Lipinski definition) is 4. The highest BCUT2D eigenvalue weighted by atomic mass is 35.5. The summed E-state index contributed by atoms with van der Waals surface area (Å²) < 4.78 is 72.2. The summed E-state index contributed by atoms with van der Waals surface area (Å²) in [6.45, 7) is 1.04. The summed E-state index contributed by atoms with van der Waals surface area (Å²) in [4.78, 5) is 12.7. The summed E-state index contributed by atoms with van der Waals surface area (Å²) in [7, 11) is -2.88. The van der Waals surface area contributed by atoms with Crippen LogP contribution in [0.4, 0.5) is 24.5 Å². The van der Waals surface area contributed by atoms with Crippen LogP contribution in [0.1, 0.15) is 11.1 Å². The lowest BCUT2D eigenvalue weighted by molar-refractivity contribution is -0.137. The van der Waals surface area contributed by atoms with Crippen molar-refractivity contribution in [3.05, 3.63) is 81.8 Å². The largest absolute Gasteiger partial charge is 0.495 e. The van der Waals surface area contributed by atoms with Crippen molar-refractivity contribution in [2.75, 3.05) is 23.3 Å². The van der Waals surface area contributed by atoms with Crippen LogP contribution < -0.4 is 14.4 Å². The summed E-state index contributed by atoms with van der Waals surface area (Å²) in [6, 6.07) is 12.9. The number of nitrogens with one attached hydrogen (secondary N) is 1. The van der Waals surface area contributed by atoms with Gasteiger partial charge in [0.05, 0.1) is 33.3 Å². The molecule has 35 heavy (non-hydrogen) atoms. The summed E-state index contributed by atoms with van der Waals surface area (Å²) >= 11 is 11.8. The zero-order chi connectivity index (χ0) is 26.0. The van der Waals surface area contributed by atoms with E-state index in [-0.39, 0.29) is 27.0 Å². The van der Waals surface area contributed by atoms with E-state index in [0.717, 1.165) is 15.9 Å². The van der Waals surface area contributed by atoms with E-state index < -0.39 is 39.2 Å². The third-order valence-corrected chi connectivity index (χ3v) is 7.29. The van der Waals surface area contributed by atoms with Gasteiger partial charge in [0.1, 0.15) is 12.3 Å². The Bertz CT molecular complexity index is 1350. The molecular weight excluding hydrogens is 528 g/mol. The number of ether oxygens (including phenoxy) is 1. The van der Waals surface area contributed by atoms with Crippen molar-refractivity contribution in [1.29, 1.82) is 0 Å². The standard InChI is InChI=1S/C23H19Cl2F3N2O4S/c1-14-3-7-17(8-4-14)35(32,33)30(16-6-10-21(34-2)20(25)12-16)13-22(31)29-15-5-9-19(24)18(11-15)23(26,27)28/h3-12H,13H2,1-2H3,(H,29,31). The molecule has 0 spiro atoms. The third kappa shape index (κ3) is 6.19. The number of carbonyl (C=O) groups excluding carboxylic acids is 1. The molecule has 0 radical (unpaired) electrons. The van der Waals surface area contributed by atoms with Crippen LogP contribution in [0.15, 0.2) is 65.6 Å². The predicted octanol–water partition coefficient (Wildman–Crippen LogP) is 6.16. The van der Waals surface area contributed by atoms with Crippen LogP contribution in [0.2, 0.25) is 10.0 Å². The van der Waals surface area contributed by atoms with Crippen molar-refractivity contribution in [3.8, 4) is 5.75 Å². The smallest absolute Gasteiger partial charge is 0.417 e. The Labute approximate surface area is 210 Å². The Balaban J connectivity index is 1.98. The Morgan fingerprint density at radius 2 is 1.66 bits per heavy atom. The summed E-state index contributed by atoms with van der Waals surface area (Å²) in [5.41, 5.74) is -0.460. The fourth-order valence-electron chi connectivity index (χ4n) is 3.11. The lowest BCUT2D eigenvalue weighted by Crippen LogP contribution is -2.38. The van der Waals surface area contributed by atoms with E-state index in [9.17, 15) is 26.4 Å². The van der Waals surface area contributed by atoms with Crippen LogP contribution in [0.3, 0.4) is 0 Å². The van der Waals surface area contributed by atoms with Crippen molar-refractivity contribution >= 4 is 50.5 Å². The molecule has 3 aromatic carbocycles. The van der Waals surface area contributed by atoms with Crippen molar-refractivity contribution in [2.24, 2.45) is 0 Å². The van der Waals surface area contributed by atoms with Gasteiger partial charge in [-0.15, -0.1) is 0 Å². The van der Waals surface area contributed by atoms with Gasteiger partial charge in [0.15, 0.2) is 0 Å². The fourth-order valence-corrected chi connectivity index (χ4v) is 5.00. The summed E-state index contributed by atoms with van der Waals surface area (Å²) in [5.74, 6) is -0.600. The van der Waals surface area contributed by atoms with Crippen LogP contribution in [0.25, 0.3) is 0 Å². The van der Waals surface area contributed by atoms with Crippen LogP contribution >= 0.6 is 23.2 Å². The van der Waals surface area contributed by atoms with Gasteiger partial charge >= 0.3 is 6.18 Å². The first kappa shape index (κ1) is 26.7. The highest BCUT2D eigenvalue weighted by molar-refractivity contribution is 7.92. The van der Waals surface area contributed by atoms with Crippen molar-refractivity contribution < 1.29 is 31.1 Å². The lowest BCUT2D eigenvalue weighted by atomic mass is 10.2. The van der Waals surface area contributed by atoms with Gasteiger partial charge in [-0.05, 0) is 55.5 Å². The van der Waals surface area contributed by atoms with Crippen LogP contribution in [0.5, 0.6) is 5.75 Å². The average molecular weight is 547 g/mol. The van der Waals surface area contributed by atoms with E-state index in [1.54, 1.807) is 19.1 Å². The SMILES string of the molecule is COc1ccc(N(CC(=O)Nc2ccc(Cl)c(C(F)(F)F)c2)S(=O)(=O)c2ccc(C)cc2)cc1Cl. The Kier molecular flexibility index (Phi) is 7.88. The minimum atomic E-state index is -4.74. The molecule has 186 valence electrons. The third-order valence-electron chi connectivity index (χ3n) is 4.88. The number of aryl methyl sites for hydroxylation is 1. The molecule has 1 N–H and O–H groups in total. The molecule has 0 bridgehead atoms. The maximum atomic E-state index is 13.4. The Hall–Kier alpha value is -2.95. The monoisotopic (exact) mass is 546 g/mol. The molecule has 0 aromatic heterocycles. The number of carbonyl (C=O) groups is 1. The quantitative estimate of drug-likeness (QED) is 0.385. The molecule has 0 aliphatic heterocycles. The topological polar surface area (TPSA) is 75.7 Å². The van der Waals surface area contributed by atoms with Gasteiger partial charge in [-0.3, -0.25) is 9.10 Å². The number of benzene rings is 3. The first-order valence-corrected chi connectivity index (χ1v) is 12.1. The molecule has 6 nitrogen and oxygen atoms in total. The van der Waals surface area contributed by atoms with Gasteiger partial charge in [-0.1, -0.05) is 40.9 Å². The first-order chi connectivity index (χ1) is 16.3. The molecule has 0 unspecified atom stereocenters. The molecule has 0 heterocycles. The van der Waals surface area contributed by atoms with Gasteiger partial charge in [0.25, 0.3) is 10.0 Å². The molecule has 0 saturated heterocycles. The van der Waals surface area contributed by atoms with Gasteiger partial charge in [-0.2, -0.15) is 13.2 Å². The first-order valence-electron chi connectivity index (χ1n) is 9.92.